The molecule has 7 nitrogen and oxygen atoms in total. The SMILES string of the molecule is NNC(=O)c1ccoc1Cn1c(=O)oc2ccccc21. The second-order valence-electron chi connectivity index (χ2n) is 4.15. The summed E-state index contributed by atoms with van der Waals surface area (Å²) >= 11 is 0. The topological polar surface area (TPSA) is 103 Å². The van der Waals surface area contributed by atoms with Gasteiger partial charge >= 0.3 is 5.76 Å². The fourth-order valence-corrected chi connectivity index (χ4v) is 2.05. The Morgan fingerprint density at radius 3 is 2.90 bits per heavy atom. The zero-order valence-electron chi connectivity index (χ0n) is 10.3. The summed E-state index contributed by atoms with van der Waals surface area (Å²) in [5, 5.41) is 0. The van der Waals surface area contributed by atoms with Crippen LogP contribution in [0.25, 0.3) is 11.1 Å². The smallest absolute Gasteiger partial charge is 0.420 e. The van der Waals surface area contributed by atoms with Gasteiger partial charge < -0.3 is 8.83 Å². The highest BCUT2D eigenvalue weighted by Gasteiger charge is 2.17. The molecular formula is C13H11N3O4. The van der Waals surface area contributed by atoms with Crippen LogP contribution in [0.1, 0.15) is 16.1 Å². The molecule has 7 heteroatoms. The van der Waals surface area contributed by atoms with Crippen LogP contribution in [0.15, 0.2) is 50.2 Å². The largest absolute Gasteiger partial charge is 0.467 e. The number of nitrogens with zero attached hydrogens (tertiary/aromatic N) is 1. The number of hydrogen-bond acceptors (Lipinski definition) is 5. The van der Waals surface area contributed by atoms with Gasteiger partial charge in [0.15, 0.2) is 5.58 Å². The number of nitrogen functional groups attached to an aromatic ring is 1. The lowest BCUT2D eigenvalue weighted by Crippen LogP contribution is -2.30. The van der Waals surface area contributed by atoms with Gasteiger partial charge in [0.1, 0.15) is 5.76 Å². The number of para-hydroxylation sites is 2. The van der Waals surface area contributed by atoms with E-state index in [0.717, 1.165) is 0 Å². The Bertz CT molecular complexity index is 827. The number of hydrazine groups is 1. The van der Waals surface area contributed by atoms with Gasteiger partial charge in [-0.15, -0.1) is 0 Å². The van der Waals surface area contributed by atoms with Crippen LogP contribution >= 0.6 is 0 Å². The predicted octanol–water partition coefficient (Wildman–Crippen LogP) is 0.839. The molecule has 3 aromatic rings. The van der Waals surface area contributed by atoms with Crippen LogP contribution in [-0.2, 0) is 6.54 Å². The summed E-state index contributed by atoms with van der Waals surface area (Å²) in [7, 11) is 0. The molecule has 0 spiro atoms. The number of carbonyl (C=O) groups is 1. The molecule has 0 aliphatic rings. The molecule has 0 saturated heterocycles. The van der Waals surface area contributed by atoms with E-state index in [1.54, 1.807) is 24.3 Å². The zero-order valence-corrected chi connectivity index (χ0v) is 10.3. The second-order valence-corrected chi connectivity index (χ2v) is 4.15. The first-order chi connectivity index (χ1) is 9.70. The maximum atomic E-state index is 11.8. The minimum atomic E-state index is -0.512. The number of aromatic nitrogens is 1. The minimum Gasteiger partial charge on any atom is -0.467 e. The number of oxazole rings is 1. The summed E-state index contributed by atoms with van der Waals surface area (Å²) < 4.78 is 11.8. The maximum Gasteiger partial charge on any atom is 0.420 e. The van der Waals surface area contributed by atoms with Crippen LogP contribution in [0.4, 0.5) is 0 Å². The van der Waals surface area contributed by atoms with Crippen LogP contribution in [0.2, 0.25) is 0 Å². The Balaban J connectivity index is 2.06. The van der Waals surface area contributed by atoms with Gasteiger partial charge in [0, 0.05) is 0 Å². The number of hydrogen-bond donors (Lipinski definition) is 2. The van der Waals surface area contributed by atoms with Crippen molar-refractivity contribution < 1.29 is 13.6 Å². The van der Waals surface area contributed by atoms with Crippen LogP contribution in [0, 0.1) is 0 Å². The van der Waals surface area contributed by atoms with Gasteiger partial charge in [0.25, 0.3) is 5.91 Å². The molecule has 0 fully saturated rings. The van der Waals surface area contributed by atoms with Gasteiger partial charge in [0.2, 0.25) is 0 Å². The lowest BCUT2D eigenvalue weighted by Gasteiger charge is -2.02. The summed E-state index contributed by atoms with van der Waals surface area (Å²) in [4.78, 5) is 23.4. The first-order valence-electron chi connectivity index (χ1n) is 5.86. The Morgan fingerprint density at radius 1 is 1.30 bits per heavy atom. The van der Waals surface area contributed by atoms with Crippen LogP contribution in [0.5, 0.6) is 0 Å². The highest BCUT2D eigenvalue weighted by Crippen LogP contribution is 2.16. The quantitative estimate of drug-likeness (QED) is 0.418. The fraction of sp³-hybridized carbons (Fsp3) is 0.0769. The molecule has 102 valence electrons. The average Bonchev–Trinajstić information content (AvgIpc) is 3.04. The number of nitrogens with one attached hydrogen (secondary N) is 1. The molecule has 0 atom stereocenters. The third kappa shape index (κ3) is 1.90. The van der Waals surface area contributed by atoms with Crippen molar-refractivity contribution in [2.45, 2.75) is 6.54 Å². The van der Waals surface area contributed by atoms with Crippen molar-refractivity contribution in [2.24, 2.45) is 5.84 Å². The van der Waals surface area contributed by atoms with Gasteiger partial charge in [-0.1, -0.05) is 12.1 Å². The zero-order chi connectivity index (χ0) is 14.1. The van der Waals surface area contributed by atoms with Crippen molar-refractivity contribution in [3.63, 3.8) is 0 Å². The summed E-state index contributed by atoms with van der Waals surface area (Å²) in [6.07, 6.45) is 1.37. The maximum absolute atomic E-state index is 11.8. The number of carbonyl (C=O) groups excluding carboxylic acids is 1. The summed E-state index contributed by atoms with van der Waals surface area (Å²) in [5.41, 5.74) is 3.42. The van der Waals surface area contributed by atoms with Gasteiger partial charge in [-0.25, -0.2) is 10.6 Å². The molecule has 2 heterocycles. The van der Waals surface area contributed by atoms with Crippen LogP contribution < -0.4 is 17.0 Å². The molecular weight excluding hydrogens is 262 g/mol. The van der Waals surface area contributed by atoms with Crippen molar-refractivity contribution in [3.8, 4) is 0 Å². The van der Waals surface area contributed by atoms with Crippen molar-refractivity contribution in [2.75, 3.05) is 0 Å². The van der Waals surface area contributed by atoms with E-state index in [1.165, 1.54) is 16.9 Å². The molecule has 1 amide bonds. The van der Waals surface area contributed by atoms with E-state index in [9.17, 15) is 9.59 Å². The number of fused-ring (bicyclic) bond motifs is 1. The normalized spacial score (nSPS) is 10.8. The molecule has 1 aromatic carbocycles. The number of amides is 1. The van der Waals surface area contributed by atoms with Crippen molar-refractivity contribution in [3.05, 3.63) is 58.5 Å². The van der Waals surface area contributed by atoms with Gasteiger partial charge in [-0.3, -0.25) is 14.8 Å². The van der Waals surface area contributed by atoms with Crippen molar-refractivity contribution >= 4 is 17.0 Å². The summed E-state index contributed by atoms with van der Waals surface area (Å²) in [6.45, 7) is 0.0889. The highest BCUT2D eigenvalue weighted by molar-refractivity contribution is 5.94. The van der Waals surface area contributed by atoms with Gasteiger partial charge in [0.05, 0.1) is 23.9 Å². The van der Waals surface area contributed by atoms with E-state index in [0.29, 0.717) is 16.9 Å². The Morgan fingerprint density at radius 2 is 2.10 bits per heavy atom. The lowest BCUT2D eigenvalue weighted by atomic mass is 10.2. The third-order valence-corrected chi connectivity index (χ3v) is 3.00. The lowest BCUT2D eigenvalue weighted by molar-refractivity contribution is 0.0951. The van der Waals surface area contributed by atoms with Crippen molar-refractivity contribution in [1.29, 1.82) is 0 Å². The Hall–Kier alpha value is -2.80. The molecule has 3 N–H and O–H groups in total. The van der Waals surface area contributed by atoms with E-state index in [2.05, 4.69) is 0 Å². The van der Waals surface area contributed by atoms with E-state index in [1.807, 2.05) is 5.43 Å². The molecule has 0 aliphatic heterocycles. The summed E-state index contributed by atoms with van der Waals surface area (Å²) in [6, 6.07) is 8.51. The monoisotopic (exact) mass is 273 g/mol. The standard InChI is InChI=1S/C13H11N3O4/c14-15-12(17)8-5-6-19-11(8)7-16-9-3-1-2-4-10(9)20-13(16)18/h1-6H,7,14H2,(H,15,17). The molecule has 2 aromatic heterocycles. The van der Waals surface area contributed by atoms with E-state index < -0.39 is 11.7 Å². The molecule has 20 heavy (non-hydrogen) atoms. The second kappa shape index (κ2) is 4.71. The van der Waals surface area contributed by atoms with Crippen molar-refractivity contribution in [1.82, 2.24) is 9.99 Å². The average molecular weight is 273 g/mol. The molecule has 0 radical (unpaired) electrons. The molecule has 3 rings (SSSR count). The third-order valence-electron chi connectivity index (χ3n) is 3.00. The van der Waals surface area contributed by atoms with Gasteiger partial charge in [-0.05, 0) is 18.2 Å². The van der Waals surface area contributed by atoms with E-state index in [4.69, 9.17) is 14.7 Å². The number of benzene rings is 1. The molecule has 0 saturated carbocycles. The minimum absolute atomic E-state index is 0.0889. The highest BCUT2D eigenvalue weighted by atomic mass is 16.4. The molecule has 0 aliphatic carbocycles. The summed E-state index contributed by atoms with van der Waals surface area (Å²) in [5.74, 6) is 4.44. The van der Waals surface area contributed by atoms with Crippen LogP contribution in [0.3, 0.4) is 0 Å². The fourth-order valence-electron chi connectivity index (χ4n) is 2.05. The van der Waals surface area contributed by atoms with Crippen LogP contribution in [-0.4, -0.2) is 10.5 Å². The van der Waals surface area contributed by atoms with E-state index in [-0.39, 0.29) is 12.1 Å². The predicted molar refractivity (Wildman–Crippen MR) is 69.9 cm³/mol. The molecule has 0 unspecified atom stereocenters. The Labute approximate surface area is 112 Å². The number of nitrogens with two attached hydrogens (primary N) is 1. The first-order valence-corrected chi connectivity index (χ1v) is 5.86. The number of rotatable bonds is 3. The Kier molecular flexibility index (Phi) is 2.88. The number of furan rings is 1. The van der Waals surface area contributed by atoms with E-state index >= 15 is 0 Å². The van der Waals surface area contributed by atoms with Gasteiger partial charge in [-0.2, -0.15) is 0 Å². The first kappa shape index (κ1) is 12.2. The molecule has 0 bridgehead atoms.